The highest BCUT2D eigenvalue weighted by molar-refractivity contribution is 7.92. The lowest BCUT2D eigenvalue weighted by atomic mass is 10.0. The lowest BCUT2D eigenvalue weighted by Gasteiger charge is -2.36. The Labute approximate surface area is 299 Å². The van der Waals surface area contributed by atoms with Crippen molar-refractivity contribution in [2.45, 2.75) is 69.7 Å². The molecule has 48 heavy (non-hydrogen) atoms. The summed E-state index contributed by atoms with van der Waals surface area (Å²) < 4.78 is 41.7. The summed E-state index contributed by atoms with van der Waals surface area (Å²) in [6.07, 6.45) is 1.98. The van der Waals surface area contributed by atoms with Crippen LogP contribution in [0.4, 0.5) is 5.69 Å². The minimum atomic E-state index is -3.97. The fourth-order valence-corrected chi connectivity index (χ4v) is 7.09. The molecule has 3 aromatic carbocycles. The number of rotatable bonds is 9. The Morgan fingerprint density at radius 1 is 1.02 bits per heavy atom. The van der Waals surface area contributed by atoms with Crippen molar-refractivity contribution in [3.8, 4) is 5.75 Å². The number of anilines is 1. The van der Waals surface area contributed by atoms with E-state index < -0.39 is 22.0 Å². The molecule has 0 fully saturated rings. The van der Waals surface area contributed by atoms with Gasteiger partial charge in [0.25, 0.3) is 15.9 Å². The molecule has 0 radical (unpaired) electrons. The van der Waals surface area contributed by atoms with Gasteiger partial charge in [0.15, 0.2) is 0 Å². The van der Waals surface area contributed by atoms with E-state index in [-0.39, 0.29) is 47.4 Å². The van der Waals surface area contributed by atoms with Gasteiger partial charge in [0.05, 0.1) is 45.4 Å². The average Bonchev–Trinajstić information content (AvgIpc) is 3.04. The number of carbonyl (C=O) groups excluding carboxylic acids is 1. The molecular weight excluding hydrogens is 697 g/mol. The van der Waals surface area contributed by atoms with Gasteiger partial charge < -0.3 is 19.5 Å². The molecule has 1 amide bonds. The summed E-state index contributed by atoms with van der Waals surface area (Å²) >= 11 is 18.3. The third-order valence-electron chi connectivity index (χ3n) is 8.36. The van der Waals surface area contributed by atoms with Crippen LogP contribution in [0.2, 0.25) is 15.1 Å². The number of benzene rings is 3. The number of carbonyl (C=O) groups is 1. The molecule has 0 spiro atoms. The second-order valence-electron chi connectivity index (χ2n) is 12.5. The highest BCUT2D eigenvalue weighted by atomic mass is 35.5. The molecule has 1 aliphatic rings. The second kappa shape index (κ2) is 17.4. The van der Waals surface area contributed by atoms with Crippen LogP contribution in [0.1, 0.15) is 56.0 Å². The fraction of sp³-hybridized carbons (Fsp3) is 0.457. The first kappa shape index (κ1) is 38.2. The molecule has 0 bridgehead atoms. The number of nitrogens with zero attached hydrogens (tertiary/aromatic N) is 2. The number of hydrogen-bond acceptors (Lipinski definition) is 7. The Bertz CT molecular complexity index is 1640. The fourth-order valence-electron chi connectivity index (χ4n) is 5.60. The Morgan fingerprint density at radius 2 is 1.75 bits per heavy atom. The quantitative estimate of drug-likeness (QED) is 0.236. The zero-order valence-corrected chi connectivity index (χ0v) is 30.7. The number of sulfonamides is 1. The summed E-state index contributed by atoms with van der Waals surface area (Å²) in [6, 6.07) is 15.5. The molecule has 1 aliphatic heterocycles. The van der Waals surface area contributed by atoms with Crippen LogP contribution in [0.25, 0.3) is 0 Å². The second-order valence-corrected chi connectivity index (χ2v) is 15.4. The van der Waals surface area contributed by atoms with Crippen LogP contribution < -0.4 is 9.46 Å². The van der Waals surface area contributed by atoms with Crippen molar-refractivity contribution in [3.05, 3.63) is 86.9 Å². The van der Waals surface area contributed by atoms with Crippen molar-refractivity contribution in [1.82, 2.24) is 9.80 Å². The van der Waals surface area contributed by atoms with Crippen LogP contribution in [0.15, 0.2) is 65.6 Å². The van der Waals surface area contributed by atoms with Gasteiger partial charge in [-0.3, -0.25) is 14.4 Å². The number of amides is 1. The van der Waals surface area contributed by atoms with Crippen LogP contribution in [-0.4, -0.2) is 80.8 Å². The molecule has 4 atom stereocenters. The number of aliphatic hydroxyl groups excluding tert-OH is 1. The van der Waals surface area contributed by atoms with Crippen LogP contribution in [0, 0.1) is 5.92 Å². The van der Waals surface area contributed by atoms with Gasteiger partial charge in [0, 0.05) is 42.9 Å². The predicted octanol–water partition coefficient (Wildman–Crippen LogP) is 7.38. The van der Waals surface area contributed by atoms with Gasteiger partial charge in [-0.25, -0.2) is 8.42 Å². The first-order valence-corrected chi connectivity index (χ1v) is 18.6. The Kier molecular flexibility index (Phi) is 13.8. The van der Waals surface area contributed by atoms with E-state index in [0.717, 1.165) is 24.8 Å². The van der Waals surface area contributed by atoms with Crippen LogP contribution in [0.5, 0.6) is 5.75 Å². The minimum absolute atomic E-state index is 0.0303. The summed E-state index contributed by atoms with van der Waals surface area (Å²) in [5.74, 6) is -0.175. The maximum absolute atomic E-state index is 14.4. The molecule has 1 heterocycles. The maximum atomic E-state index is 14.4. The summed E-state index contributed by atoms with van der Waals surface area (Å²) in [5.41, 5.74) is 1.40. The first-order valence-electron chi connectivity index (χ1n) is 16.0. The lowest BCUT2D eigenvalue weighted by Crippen LogP contribution is -2.47. The van der Waals surface area contributed by atoms with Crippen LogP contribution in [0.3, 0.4) is 0 Å². The molecule has 4 rings (SSSR count). The average molecular weight is 741 g/mol. The molecule has 3 aromatic rings. The topological polar surface area (TPSA) is 108 Å². The molecule has 0 saturated heterocycles. The number of nitrogens with one attached hydrogen (secondary N) is 1. The van der Waals surface area contributed by atoms with Crippen LogP contribution >= 0.6 is 34.8 Å². The minimum Gasteiger partial charge on any atom is -0.490 e. The lowest BCUT2D eigenvalue weighted by molar-refractivity contribution is -0.0177. The third-order valence-corrected chi connectivity index (χ3v) is 10.7. The molecule has 2 N–H and O–H groups in total. The van der Waals surface area contributed by atoms with Crippen molar-refractivity contribution >= 4 is 56.4 Å². The van der Waals surface area contributed by atoms with Crippen LogP contribution in [-0.2, 0) is 21.3 Å². The smallest absolute Gasteiger partial charge is 0.261 e. The van der Waals surface area contributed by atoms with Gasteiger partial charge in [-0.2, -0.15) is 0 Å². The molecule has 262 valence electrons. The van der Waals surface area contributed by atoms with E-state index in [2.05, 4.69) is 9.62 Å². The molecule has 0 unspecified atom stereocenters. The van der Waals surface area contributed by atoms with Gasteiger partial charge in [-0.05, 0) is 100 Å². The van der Waals surface area contributed by atoms with E-state index in [1.807, 2.05) is 33.0 Å². The largest absolute Gasteiger partial charge is 0.490 e. The summed E-state index contributed by atoms with van der Waals surface area (Å²) in [6.45, 7) is 7.52. The number of ether oxygens (including phenoxy) is 2. The maximum Gasteiger partial charge on any atom is 0.261 e. The molecule has 13 heteroatoms. The van der Waals surface area contributed by atoms with Gasteiger partial charge in [-0.1, -0.05) is 47.8 Å². The summed E-state index contributed by atoms with van der Waals surface area (Å²) in [5, 5.41) is 11.6. The zero-order valence-electron chi connectivity index (χ0n) is 27.7. The van der Waals surface area contributed by atoms with Crippen molar-refractivity contribution in [2.24, 2.45) is 5.92 Å². The molecular formula is C35H44Cl3N3O6S. The van der Waals surface area contributed by atoms with Crippen molar-refractivity contribution in [1.29, 1.82) is 0 Å². The number of fused-ring (bicyclic) bond motifs is 1. The van der Waals surface area contributed by atoms with E-state index >= 15 is 0 Å². The van der Waals surface area contributed by atoms with Crippen molar-refractivity contribution in [2.75, 3.05) is 38.1 Å². The van der Waals surface area contributed by atoms with E-state index in [1.54, 1.807) is 30.0 Å². The molecule has 0 aromatic heterocycles. The van der Waals surface area contributed by atoms with Gasteiger partial charge in [0.1, 0.15) is 5.75 Å². The van der Waals surface area contributed by atoms with Crippen molar-refractivity contribution < 1.29 is 27.8 Å². The van der Waals surface area contributed by atoms with E-state index in [1.165, 1.54) is 30.3 Å². The number of hydrogen-bond donors (Lipinski definition) is 2. The molecule has 9 nitrogen and oxygen atoms in total. The van der Waals surface area contributed by atoms with Gasteiger partial charge in [-0.15, -0.1) is 0 Å². The van der Waals surface area contributed by atoms with E-state index in [0.29, 0.717) is 40.5 Å². The molecule has 0 aliphatic carbocycles. The highest BCUT2D eigenvalue weighted by Gasteiger charge is 2.31. The van der Waals surface area contributed by atoms with Crippen molar-refractivity contribution in [3.63, 3.8) is 0 Å². The van der Waals surface area contributed by atoms with E-state index in [9.17, 15) is 18.3 Å². The summed E-state index contributed by atoms with van der Waals surface area (Å²) in [4.78, 5) is 18.2. The number of halogens is 3. The number of likely N-dealkylation sites (N-methyl/N-ethyl adjacent to an activating group) is 1. The Balaban J connectivity index is 1.63. The molecule has 0 saturated carbocycles. The van der Waals surface area contributed by atoms with Gasteiger partial charge >= 0.3 is 0 Å². The number of aliphatic hydroxyl groups is 1. The Morgan fingerprint density at radius 3 is 2.44 bits per heavy atom. The first-order chi connectivity index (χ1) is 22.8. The third kappa shape index (κ3) is 10.5. The predicted molar refractivity (Wildman–Crippen MR) is 192 cm³/mol. The standard InChI is InChI=1S/C35H44Cl3N3O6S/c1-23-19-41(24(2)22-42)35(43)30-18-28(39-48(44,45)29-12-9-27(36)10-13-29)11-15-33(30)47-25(3)7-5-6-16-46-34(23)21-40(4)20-26-8-14-31(37)32(38)17-26/h8-15,17-18,23-25,34,39,42H,5-7,16,19-22H2,1-4H3/t23-,24+,25+,34+/m0/s1. The SMILES string of the molecule is C[C@@H]1CCCCO[C@H](CN(C)Cc2ccc(Cl)c(Cl)c2)[C@@H](C)CN([C@H](C)CO)C(=O)c2cc(NS(=O)(=O)c3ccc(Cl)cc3)ccc2O1. The zero-order chi connectivity index (χ0) is 35.0. The normalized spacial score (nSPS) is 20.5. The Hall–Kier alpha value is -2.57. The van der Waals surface area contributed by atoms with E-state index in [4.69, 9.17) is 44.3 Å². The highest BCUT2D eigenvalue weighted by Crippen LogP contribution is 2.30. The monoisotopic (exact) mass is 739 g/mol. The summed E-state index contributed by atoms with van der Waals surface area (Å²) in [7, 11) is -1.97. The van der Waals surface area contributed by atoms with Gasteiger partial charge in [0.2, 0.25) is 0 Å².